The second-order valence-electron chi connectivity index (χ2n) is 6.76. The molecule has 0 aliphatic carbocycles. The van der Waals surface area contributed by atoms with E-state index in [2.05, 4.69) is 5.32 Å². The van der Waals surface area contributed by atoms with Crippen molar-refractivity contribution in [3.8, 4) is 0 Å². The topological polar surface area (TPSA) is 75.6 Å². The van der Waals surface area contributed by atoms with E-state index in [0.717, 1.165) is 11.1 Å². The van der Waals surface area contributed by atoms with E-state index < -0.39 is 17.9 Å². The zero-order valence-electron chi connectivity index (χ0n) is 16.4. The molecule has 0 bridgehead atoms. The number of hydrogen-bond donors (Lipinski definition) is 2. The largest absolute Gasteiger partial charge is 0.478 e. The minimum absolute atomic E-state index is 0.0944. The van der Waals surface area contributed by atoms with Crippen LogP contribution in [0.15, 0.2) is 89.3 Å². The quantitative estimate of drug-likeness (QED) is 0.722. The van der Waals surface area contributed by atoms with E-state index in [1.54, 1.807) is 19.9 Å². The van der Waals surface area contributed by atoms with Crippen molar-refractivity contribution >= 4 is 18.0 Å². The van der Waals surface area contributed by atoms with Crippen LogP contribution in [0.4, 0.5) is 0 Å². The molecule has 0 fully saturated rings. The molecule has 3 rings (SSSR count). The van der Waals surface area contributed by atoms with Crippen LogP contribution in [0.2, 0.25) is 0 Å². The molecule has 0 aromatic heterocycles. The van der Waals surface area contributed by atoms with Crippen molar-refractivity contribution in [2.75, 3.05) is 6.61 Å². The third-order valence-electron chi connectivity index (χ3n) is 4.76. The number of carbonyl (C=O) groups excluding carboxylic acids is 1. The number of carboxylic acid groups (broad SMARTS) is 1. The van der Waals surface area contributed by atoms with Crippen LogP contribution in [0.25, 0.3) is 6.08 Å². The van der Waals surface area contributed by atoms with Crippen molar-refractivity contribution < 1.29 is 19.4 Å². The van der Waals surface area contributed by atoms with Crippen molar-refractivity contribution in [2.24, 2.45) is 0 Å². The standard InChI is InChI=1S/C24H23NO4/c1-16-20(23(26)27)22(19-13-7-4-8-14-19)21(17(2)25-16)24(28)29-15-9-12-18-10-5-3-6-11-18/h3-14,22,25H,15H2,1-2H3,(H,26,27)/b12-9+. The maximum atomic E-state index is 12.9. The van der Waals surface area contributed by atoms with E-state index >= 15 is 0 Å². The lowest BCUT2D eigenvalue weighted by molar-refractivity contribution is -0.138. The van der Waals surface area contributed by atoms with Gasteiger partial charge < -0.3 is 15.2 Å². The number of aliphatic carboxylic acids is 1. The van der Waals surface area contributed by atoms with Gasteiger partial charge in [0.25, 0.3) is 0 Å². The van der Waals surface area contributed by atoms with Gasteiger partial charge in [0.05, 0.1) is 17.1 Å². The predicted octanol–water partition coefficient (Wildman–Crippen LogP) is 4.26. The van der Waals surface area contributed by atoms with E-state index in [1.165, 1.54) is 0 Å². The van der Waals surface area contributed by atoms with Crippen LogP contribution in [0.1, 0.15) is 30.9 Å². The van der Waals surface area contributed by atoms with Crippen LogP contribution >= 0.6 is 0 Å². The number of hydrogen-bond acceptors (Lipinski definition) is 4. The van der Waals surface area contributed by atoms with Gasteiger partial charge in [0, 0.05) is 11.4 Å². The van der Waals surface area contributed by atoms with Gasteiger partial charge in [-0.05, 0) is 31.1 Å². The first-order chi connectivity index (χ1) is 14.0. The summed E-state index contributed by atoms with van der Waals surface area (Å²) in [5, 5.41) is 12.8. The second kappa shape index (κ2) is 9.06. The number of dihydropyridines is 1. The molecule has 2 aromatic rings. The molecule has 1 heterocycles. The molecule has 0 amide bonds. The van der Waals surface area contributed by atoms with Gasteiger partial charge in [-0.25, -0.2) is 9.59 Å². The molecule has 0 spiro atoms. The van der Waals surface area contributed by atoms with E-state index in [0.29, 0.717) is 17.0 Å². The number of carboxylic acids is 1. The number of nitrogens with one attached hydrogen (secondary N) is 1. The lowest BCUT2D eigenvalue weighted by Gasteiger charge is -2.29. The molecule has 148 valence electrons. The van der Waals surface area contributed by atoms with Crippen LogP contribution in [0.3, 0.4) is 0 Å². The molecule has 0 saturated carbocycles. The molecule has 1 unspecified atom stereocenters. The lowest BCUT2D eigenvalue weighted by Crippen LogP contribution is -2.31. The van der Waals surface area contributed by atoms with Crippen LogP contribution < -0.4 is 5.32 Å². The maximum absolute atomic E-state index is 12.9. The summed E-state index contributed by atoms with van der Waals surface area (Å²) in [5.41, 5.74) is 3.31. The van der Waals surface area contributed by atoms with Gasteiger partial charge in [-0.1, -0.05) is 66.7 Å². The Kier molecular flexibility index (Phi) is 6.29. The van der Waals surface area contributed by atoms with E-state index in [-0.39, 0.29) is 12.2 Å². The van der Waals surface area contributed by atoms with Crippen LogP contribution in [-0.4, -0.2) is 23.7 Å². The van der Waals surface area contributed by atoms with Crippen LogP contribution in [-0.2, 0) is 14.3 Å². The Labute approximate surface area is 170 Å². The number of carbonyl (C=O) groups is 2. The fraction of sp³-hybridized carbons (Fsp3) is 0.167. The van der Waals surface area contributed by atoms with Crippen molar-refractivity contribution in [1.29, 1.82) is 0 Å². The van der Waals surface area contributed by atoms with Gasteiger partial charge in [-0.2, -0.15) is 0 Å². The summed E-state index contributed by atoms with van der Waals surface area (Å²) in [4.78, 5) is 24.9. The number of esters is 1. The van der Waals surface area contributed by atoms with Crippen LogP contribution in [0.5, 0.6) is 0 Å². The number of allylic oxidation sites excluding steroid dienone is 2. The van der Waals surface area contributed by atoms with E-state index in [1.807, 2.05) is 66.7 Å². The highest BCUT2D eigenvalue weighted by Gasteiger charge is 2.37. The van der Waals surface area contributed by atoms with Gasteiger partial charge in [-0.15, -0.1) is 0 Å². The first-order valence-corrected chi connectivity index (χ1v) is 9.34. The molecule has 5 heteroatoms. The highest BCUT2D eigenvalue weighted by Crippen LogP contribution is 2.38. The number of rotatable bonds is 6. The first-order valence-electron chi connectivity index (χ1n) is 9.34. The Hall–Kier alpha value is -3.60. The minimum atomic E-state index is -1.06. The first kappa shape index (κ1) is 20.1. The number of ether oxygens (including phenoxy) is 1. The van der Waals surface area contributed by atoms with Gasteiger partial charge in [0.2, 0.25) is 0 Å². The Balaban J connectivity index is 1.85. The van der Waals surface area contributed by atoms with Crippen molar-refractivity contribution in [2.45, 2.75) is 19.8 Å². The summed E-state index contributed by atoms with van der Waals surface area (Å²) >= 11 is 0. The highest BCUT2D eigenvalue weighted by molar-refractivity contribution is 5.99. The maximum Gasteiger partial charge on any atom is 0.337 e. The third-order valence-corrected chi connectivity index (χ3v) is 4.76. The molecular weight excluding hydrogens is 366 g/mol. The molecule has 2 aromatic carbocycles. The number of benzene rings is 2. The van der Waals surface area contributed by atoms with E-state index in [9.17, 15) is 14.7 Å². The minimum Gasteiger partial charge on any atom is -0.478 e. The van der Waals surface area contributed by atoms with Gasteiger partial charge >= 0.3 is 11.9 Å². The molecule has 0 radical (unpaired) electrons. The molecule has 1 aliphatic rings. The Morgan fingerprint density at radius 3 is 2.17 bits per heavy atom. The summed E-state index contributed by atoms with van der Waals surface area (Å²) in [6.07, 6.45) is 3.63. The van der Waals surface area contributed by atoms with Crippen LogP contribution in [0, 0.1) is 0 Å². The molecule has 0 saturated heterocycles. The van der Waals surface area contributed by atoms with Gasteiger partial charge in [-0.3, -0.25) is 0 Å². The fourth-order valence-corrected chi connectivity index (χ4v) is 3.48. The molecule has 5 nitrogen and oxygen atoms in total. The fourth-order valence-electron chi connectivity index (χ4n) is 3.48. The summed E-state index contributed by atoms with van der Waals surface area (Å²) in [7, 11) is 0. The summed E-state index contributed by atoms with van der Waals surface area (Å²) in [5.74, 6) is -2.29. The zero-order chi connectivity index (χ0) is 20.8. The average Bonchev–Trinajstić information content (AvgIpc) is 2.71. The molecule has 1 aliphatic heterocycles. The molecular formula is C24H23NO4. The van der Waals surface area contributed by atoms with Crippen molar-refractivity contribution in [3.05, 3.63) is 100 Å². The molecule has 1 atom stereocenters. The summed E-state index contributed by atoms with van der Waals surface area (Å²) < 4.78 is 5.45. The highest BCUT2D eigenvalue weighted by atomic mass is 16.5. The Morgan fingerprint density at radius 2 is 1.55 bits per heavy atom. The van der Waals surface area contributed by atoms with Crippen molar-refractivity contribution in [3.63, 3.8) is 0 Å². The summed E-state index contributed by atoms with van der Waals surface area (Å²) in [6, 6.07) is 18.8. The summed E-state index contributed by atoms with van der Waals surface area (Å²) in [6.45, 7) is 3.55. The SMILES string of the molecule is CC1=C(C(=O)O)C(c2ccccc2)C(C(=O)OC/C=C/c2ccccc2)=C(C)N1. The normalized spacial score (nSPS) is 16.7. The monoisotopic (exact) mass is 389 g/mol. The zero-order valence-corrected chi connectivity index (χ0v) is 16.4. The van der Waals surface area contributed by atoms with Gasteiger partial charge in [0.15, 0.2) is 0 Å². The Bertz CT molecular complexity index is 988. The smallest absolute Gasteiger partial charge is 0.337 e. The van der Waals surface area contributed by atoms with Crippen molar-refractivity contribution in [1.82, 2.24) is 5.32 Å². The Morgan fingerprint density at radius 1 is 0.966 bits per heavy atom. The predicted molar refractivity (Wildman–Crippen MR) is 112 cm³/mol. The molecule has 2 N–H and O–H groups in total. The van der Waals surface area contributed by atoms with Gasteiger partial charge in [0.1, 0.15) is 6.61 Å². The third kappa shape index (κ3) is 4.63. The molecule has 29 heavy (non-hydrogen) atoms. The average molecular weight is 389 g/mol. The lowest BCUT2D eigenvalue weighted by atomic mass is 9.80. The van der Waals surface area contributed by atoms with E-state index in [4.69, 9.17) is 4.74 Å². The second-order valence-corrected chi connectivity index (χ2v) is 6.76.